The standard InChI is InChI=1S/C53H95N3O4/c1-6-10-14-18-22-26-30-34-38-50(57)46-55(47-51(58)39-35-31-27-23-19-15-11-7-2)44-42-54(5)43-45-56(48-52(59)40-36-32-28-24-20-16-12-8-3)49-53(60)41-37-33-29-25-21-17-13-9-4/h6-13,18-25,50-53,57-60H,14-17,26-49H2,1-5H3/b10-6-,11-7-,12-8-,13-9-,22-18-,23-19-,24-20-,25-21-. The lowest BCUT2D eigenvalue weighted by Gasteiger charge is -2.31. The maximum atomic E-state index is 11.1. The van der Waals surface area contributed by atoms with Crippen molar-refractivity contribution in [3.05, 3.63) is 97.2 Å². The Bertz CT molecular complexity index is 991. The lowest BCUT2D eigenvalue weighted by molar-refractivity contribution is 0.0494. The first-order chi connectivity index (χ1) is 29.2. The van der Waals surface area contributed by atoms with Crippen molar-refractivity contribution in [2.45, 2.75) is 181 Å². The third-order valence-electron chi connectivity index (χ3n) is 10.8. The molecule has 7 heteroatoms. The second-order valence-electron chi connectivity index (χ2n) is 16.7. The number of nitrogens with zero attached hydrogens (tertiary/aromatic N) is 3. The molecule has 346 valence electrons. The molecule has 0 aliphatic carbocycles. The number of aliphatic hydroxyl groups is 4. The van der Waals surface area contributed by atoms with Crippen molar-refractivity contribution in [3.63, 3.8) is 0 Å². The molecule has 0 radical (unpaired) electrons. The summed E-state index contributed by atoms with van der Waals surface area (Å²) in [5.41, 5.74) is 0. The quantitative estimate of drug-likeness (QED) is 0.0360. The highest BCUT2D eigenvalue weighted by molar-refractivity contribution is 4.93. The Morgan fingerprint density at radius 3 is 0.817 bits per heavy atom. The predicted octanol–water partition coefficient (Wildman–Crippen LogP) is 11.3. The highest BCUT2D eigenvalue weighted by Gasteiger charge is 2.19. The van der Waals surface area contributed by atoms with Crippen molar-refractivity contribution in [2.75, 3.05) is 59.4 Å². The summed E-state index contributed by atoms with van der Waals surface area (Å²) in [6.07, 6.45) is 52.4. The third kappa shape index (κ3) is 41.0. The molecule has 0 saturated heterocycles. The molecule has 0 heterocycles. The number of unbranched alkanes of at least 4 members (excludes halogenated alkanes) is 8. The fraction of sp³-hybridized carbons (Fsp3) is 0.698. The van der Waals surface area contributed by atoms with E-state index in [1.54, 1.807) is 0 Å². The lowest BCUT2D eigenvalue weighted by Crippen LogP contribution is -2.44. The van der Waals surface area contributed by atoms with Crippen molar-refractivity contribution in [2.24, 2.45) is 0 Å². The van der Waals surface area contributed by atoms with E-state index in [1.165, 1.54) is 0 Å². The molecule has 0 aromatic heterocycles. The summed E-state index contributed by atoms with van der Waals surface area (Å²) in [5.74, 6) is 0. The Kier molecular flexibility index (Phi) is 42.9. The summed E-state index contributed by atoms with van der Waals surface area (Å²) in [5, 5.41) is 44.3. The van der Waals surface area contributed by atoms with Crippen LogP contribution in [-0.2, 0) is 0 Å². The van der Waals surface area contributed by atoms with Gasteiger partial charge < -0.3 is 25.3 Å². The van der Waals surface area contributed by atoms with E-state index in [2.05, 4.69) is 119 Å². The molecule has 7 nitrogen and oxygen atoms in total. The summed E-state index contributed by atoms with van der Waals surface area (Å²) in [6.45, 7) is 13.6. The molecular formula is C53H95N3O4. The topological polar surface area (TPSA) is 90.6 Å². The minimum atomic E-state index is -0.418. The molecule has 0 aromatic rings. The summed E-state index contributed by atoms with van der Waals surface area (Å²) in [4.78, 5) is 6.84. The van der Waals surface area contributed by atoms with Gasteiger partial charge >= 0.3 is 0 Å². The number of aliphatic hydroxyl groups excluding tert-OH is 4. The van der Waals surface area contributed by atoms with Crippen LogP contribution >= 0.6 is 0 Å². The predicted molar refractivity (Wildman–Crippen MR) is 263 cm³/mol. The fourth-order valence-corrected chi connectivity index (χ4v) is 7.09. The van der Waals surface area contributed by atoms with Crippen LogP contribution in [0.3, 0.4) is 0 Å². The van der Waals surface area contributed by atoms with Crippen molar-refractivity contribution in [1.82, 2.24) is 14.7 Å². The number of hydrogen-bond donors (Lipinski definition) is 4. The molecule has 4 unspecified atom stereocenters. The zero-order chi connectivity index (χ0) is 44.2. The van der Waals surface area contributed by atoms with E-state index in [1.807, 2.05) is 27.7 Å². The van der Waals surface area contributed by atoms with Crippen molar-refractivity contribution >= 4 is 0 Å². The summed E-state index contributed by atoms with van der Waals surface area (Å²) in [6, 6.07) is 0. The van der Waals surface area contributed by atoms with Gasteiger partial charge in [-0.1, -0.05) is 123 Å². The van der Waals surface area contributed by atoms with E-state index in [-0.39, 0.29) is 0 Å². The van der Waals surface area contributed by atoms with Gasteiger partial charge in [-0.25, -0.2) is 0 Å². The van der Waals surface area contributed by atoms with Gasteiger partial charge in [0.25, 0.3) is 0 Å². The Balaban J connectivity index is 5.28. The summed E-state index contributed by atoms with van der Waals surface area (Å²) in [7, 11) is 2.14. The maximum Gasteiger partial charge on any atom is 0.0667 e. The Hall–Kier alpha value is -2.36. The van der Waals surface area contributed by atoms with Crippen LogP contribution in [0.15, 0.2) is 97.2 Å². The van der Waals surface area contributed by atoms with Gasteiger partial charge in [0.2, 0.25) is 0 Å². The van der Waals surface area contributed by atoms with E-state index in [9.17, 15) is 20.4 Å². The van der Waals surface area contributed by atoms with E-state index in [0.29, 0.717) is 26.2 Å². The van der Waals surface area contributed by atoms with E-state index < -0.39 is 24.4 Å². The molecule has 0 fully saturated rings. The molecule has 0 aromatic carbocycles. The van der Waals surface area contributed by atoms with Gasteiger partial charge in [-0.05, 0) is 137 Å². The van der Waals surface area contributed by atoms with Gasteiger partial charge in [-0.3, -0.25) is 9.80 Å². The van der Waals surface area contributed by atoms with Crippen molar-refractivity contribution in [1.29, 1.82) is 0 Å². The van der Waals surface area contributed by atoms with Crippen LogP contribution in [-0.4, -0.2) is 119 Å². The van der Waals surface area contributed by atoms with E-state index in [4.69, 9.17) is 0 Å². The number of likely N-dealkylation sites (N-methyl/N-ethyl adjacent to an activating group) is 1. The van der Waals surface area contributed by atoms with Crippen LogP contribution in [0.1, 0.15) is 156 Å². The average molecular weight is 838 g/mol. The Morgan fingerprint density at radius 1 is 0.333 bits per heavy atom. The lowest BCUT2D eigenvalue weighted by atomic mass is 10.1. The number of rotatable bonds is 42. The average Bonchev–Trinajstić information content (AvgIpc) is 3.22. The van der Waals surface area contributed by atoms with Crippen LogP contribution in [0.25, 0.3) is 0 Å². The largest absolute Gasteiger partial charge is 0.392 e. The SMILES string of the molecule is C/C=C\C/C=C\CCCCC(O)CN(CCN(C)CCN(CC(O)CCCC/C=C\C/C=C\C)CC(O)CCCC/C=C\C/C=C\C)CC(O)CCCC/C=C\C/C=C\C. The third-order valence-corrected chi connectivity index (χ3v) is 10.8. The molecular weight excluding hydrogens is 743 g/mol. The molecule has 0 bridgehead atoms. The minimum Gasteiger partial charge on any atom is -0.392 e. The zero-order valence-corrected chi connectivity index (χ0v) is 39.5. The molecule has 0 rings (SSSR count). The molecule has 0 spiro atoms. The van der Waals surface area contributed by atoms with Gasteiger partial charge in [0.15, 0.2) is 0 Å². The second-order valence-corrected chi connectivity index (χ2v) is 16.7. The van der Waals surface area contributed by atoms with Crippen LogP contribution in [0.2, 0.25) is 0 Å². The van der Waals surface area contributed by atoms with Gasteiger partial charge in [-0.15, -0.1) is 0 Å². The van der Waals surface area contributed by atoms with Gasteiger partial charge in [-0.2, -0.15) is 0 Å². The van der Waals surface area contributed by atoms with Crippen molar-refractivity contribution < 1.29 is 20.4 Å². The smallest absolute Gasteiger partial charge is 0.0667 e. The molecule has 0 aliphatic rings. The van der Waals surface area contributed by atoms with Crippen molar-refractivity contribution in [3.8, 4) is 0 Å². The zero-order valence-electron chi connectivity index (χ0n) is 39.5. The second kappa shape index (κ2) is 44.7. The highest BCUT2D eigenvalue weighted by Crippen LogP contribution is 2.13. The molecule has 0 aliphatic heterocycles. The first-order valence-electron chi connectivity index (χ1n) is 24.2. The Morgan fingerprint density at radius 2 is 0.583 bits per heavy atom. The molecule has 4 atom stereocenters. The first-order valence-corrected chi connectivity index (χ1v) is 24.2. The Labute approximate surface area is 371 Å². The summed E-state index contributed by atoms with van der Waals surface area (Å²) < 4.78 is 0. The fourth-order valence-electron chi connectivity index (χ4n) is 7.09. The monoisotopic (exact) mass is 838 g/mol. The van der Waals surface area contributed by atoms with Gasteiger partial charge in [0.1, 0.15) is 0 Å². The molecule has 4 N–H and O–H groups in total. The highest BCUT2D eigenvalue weighted by atomic mass is 16.3. The van der Waals surface area contributed by atoms with Crippen LogP contribution in [0.5, 0.6) is 0 Å². The number of hydrogen-bond acceptors (Lipinski definition) is 7. The number of allylic oxidation sites excluding steroid dienone is 16. The van der Waals surface area contributed by atoms with E-state index in [0.717, 1.165) is 155 Å². The molecule has 0 amide bonds. The minimum absolute atomic E-state index is 0.418. The first kappa shape index (κ1) is 57.6. The van der Waals surface area contributed by atoms with Gasteiger partial charge in [0.05, 0.1) is 24.4 Å². The van der Waals surface area contributed by atoms with Crippen LogP contribution in [0, 0.1) is 0 Å². The normalized spacial score (nSPS) is 15.3. The molecule has 0 saturated carbocycles. The summed E-state index contributed by atoms with van der Waals surface area (Å²) >= 11 is 0. The van der Waals surface area contributed by atoms with Gasteiger partial charge in [0, 0.05) is 52.4 Å². The van der Waals surface area contributed by atoms with Crippen LogP contribution in [0.4, 0.5) is 0 Å². The maximum absolute atomic E-state index is 11.1. The molecule has 60 heavy (non-hydrogen) atoms. The van der Waals surface area contributed by atoms with E-state index >= 15 is 0 Å². The van der Waals surface area contributed by atoms with Crippen LogP contribution < -0.4 is 0 Å².